The van der Waals surface area contributed by atoms with Crippen LogP contribution in [0.5, 0.6) is 5.75 Å². The average Bonchev–Trinajstić information content (AvgIpc) is 2.89. The Labute approximate surface area is 236 Å². The molecule has 0 unspecified atom stereocenters. The standard InChI is InChI=1S/C27H29ClIN5O3/c1-27(35,21-4-9-26(31)32-16-21)18-33-10-11-34(25(17-33)19-2-5-22(28)6-3-19)24-8-7-23(14-20(24)15-30)36-12-13-37-29/h2-9,14,16,25,35H,10-13,17-18H2,1H3,(H2,31,32)/t25-,27+/m0/s1. The number of β-amino-alcohol motifs (C(OH)–C–C–N with tert-alkyl or cyclic N) is 1. The maximum atomic E-state index is 11.3. The molecule has 0 aliphatic carbocycles. The van der Waals surface area contributed by atoms with Gasteiger partial charge in [-0.25, -0.2) is 4.98 Å². The van der Waals surface area contributed by atoms with Gasteiger partial charge in [0.1, 0.15) is 52.9 Å². The van der Waals surface area contributed by atoms with E-state index in [1.54, 1.807) is 25.3 Å². The third kappa shape index (κ3) is 6.83. The van der Waals surface area contributed by atoms with Crippen LogP contribution in [-0.2, 0) is 8.67 Å². The molecule has 0 amide bonds. The number of nitrogens with two attached hydrogens (primary N) is 1. The number of rotatable bonds is 9. The Morgan fingerprint density at radius 3 is 2.65 bits per heavy atom. The topological polar surface area (TPSA) is 108 Å². The third-order valence-electron chi connectivity index (χ3n) is 6.49. The Morgan fingerprint density at radius 1 is 1.19 bits per heavy atom. The molecule has 3 N–H and O–H groups in total. The largest absolute Gasteiger partial charge is 0.491 e. The molecule has 10 heteroatoms. The second-order valence-electron chi connectivity index (χ2n) is 9.19. The molecule has 2 heterocycles. The molecule has 0 spiro atoms. The van der Waals surface area contributed by atoms with E-state index in [1.807, 2.05) is 65.5 Å². The summed E-state index contributed by atoms with van der Waals surface area (Å²) in [6.45, 7) is 5.10. The molecular formula is C27H29ClIN5O3. The number of piperazine rings is 1. The lowest BCUT2D eigenvalue weighted by Crippen LogP contribution is -2.52. The fourth-order valence-corrected chi connectivity index (χ4v) is 4.93. The Morgan fingerprint density at radius 2 is 1.97 bits per heavy atom. The highest BCUT2D eigenvalue weighted by molar-refractivity contribution is 14.1. The van der Waals surface area contributed by atoms with Crippen LogP contribution in [0.4, 0.5) is 11.5 Å². The first-order valence-corrected chi connectivity index (χ1v) is 13.2. The monoisotopic (exact) mass is 633 g/mol. The van der Waals surface area contributed by atoms with E-state index in [4.69, 9.17) is 25.1 Å². The van der Waals surface area contributed by atoms with Crippen molar-refractivity contribution in [2.45, 2.75) is 18.6 Å². The molecule has 2 aromatic carbocycles. The van der Waals surface area contributed by atoms with Crippen LogP contribution in [-0.4, -0.2) is 54.4 Å². The summed E-state index contributed by atoms with van der Waals surface area (Å²) in [5.41, 5.74) is 7.79. The minimum absolute atomic E-state index is 0.0577. The third-order valence-corrected chi connectivity index (χ3v) is 7.18. The molecule has 0 saturated carbocycles. The summed E-state index contributed by atoms with van der Waals surface area (Å²) in [4.78, 5) is 8.62. The maximum absolute atomic E-state index is 11.3. The number of halogens is 2. The summed E-state index contributed by atoms with van der Waals surface area (Å²) in [6.07, 6.45) is 1.62. The van der Waals surface area contributed by atoms with Crippen molar-refractivity contribution in [2.75, 3.05) is 50.0 Å². The van der Waals surface area contributed by atoms with Crippen molar-refractivity contribution in [2.24, 2.45) is 0 Å². The van der Waals surface area contributed by atoms with Gasteiger partial charge >= 0.3 is 0 Å². The zero-order valence-corrected chi connectivity index (χ0v) is 23.4. The van der Waals surface area contributed by atoms with Crippen molar-refractivity contribution in [3.05, 3.63) is 82.5 Å². The molecule has 3 aromatic rings. The lowest BCUT2D eigenvalue weighted by atomic mass is 9.94. The zero-order valence-electron chi connectivity index (χ0n) is 20.5. The average molecular weight is 634 g/mol. The summed E-state index contributed by atoms with van der Waals surface area (Å²) >= 11 is 8.01. The van der Waals surface area contributed by atoms with Gasteiger partial charge in [0.05, 0.1) is 23.9 Å². The van der Waals surface area contributed by atoms with Gasteiger partial charge in [-0.15, -0.1) is 0 Å². The van der Waals surface area contributed by atoms with Crippen molar-refractivity contribution < 1.29 is 12.9 Å². The maximum Gasteiger partial charge on any atom is 0.123 e. The van der Waals surface area contributed by atoms with E-state index in [9.17, 15) is 10.4 Å². The van der Waals surface area contributed by atoms with Gasteiger partial charge in [-0.1, -0.05) is 29.8 Å². The smallest absolute Gasteiger partial charge is 0.123 e. The second kappa shape index (κ2) is 12.3. The van der Waals surface area contributed by atoms with E-state index in [1.165, 1.54) is 0 Å². The number of hydrogen-bond acceptors (Lipinski definition) is 8. The first-order valence-electron chi connectivity index (χ1n) is 11.9. The molecule has 0 bridgehead atoms. The van der Waals surface area contributed by atoms with Crippen molar-refractivity contribution >= 4 is 46.1 Å². The molecule has 4 rings (SSSR count). The highest BCUT2D eigenvalue weighted by Gasteiger charge is 2.34. The Balaban J connectivity index is 1.60. The van der Waals surface area contributed by atoms with E-state index in [0.717, 1.165) is 11.3 Å². The van der Waals surface area contributed by atoms with Gasteiger partial charge in [-0.2, -0.15) is 5.26 Å². The molecule has 1 fully saturated rings. The van der Waals surface area contributed by atoms with Crippen molar-refractivity contribution in [1.82, 2.24) is 9.88 Å². The quantitative estimate of drug-likeness (QED) is 0.258. The normalized spacial score (nSPS) is 17.7. The molecule has 0 radical (unpaired) electrons. The number of nitrogens with zero attached hydrogens (tertiary/aromatic N) is 4. The zero-order chi connectivity index (χ0) is 26.4. The van der Waals surface area contributed by atoms with Crippen molar-refractivity contribution in [3.63, 3.8) is 0 Å². The van der Waals surface area contributed by atoms with Gasteiger partial charge in [-0.3, -0.25) is 4.90 Å². The Bertz CT molecular complexity index is 1230. The number of aromatic nitrogens is 1. The lowest BCUT2D eigenvalue weighted by Gasteiger charge is -2.45. The Kier molecular flexibility index (Phi) is 9.10. The number of pyridine rings is 1. The fraction of sp³-hybridized carbons (Fsp3) is 0.333. The van der Waals surface area contributed by atoms with E-state index < -0.39 is 5.60 Å². The number of ether oxygens (including phenoxy) is 1. The van der Waals surface area contributed by atoms with Gasteiger partial charge in [0.2, 0.25) is 0 Å². The molecule has 8 nitrogen and oxygen atoms in total. The summed E-state index contributed by atoms with van der Waals surface area (Å²) in [5, 5.41) is 21.9. The molecule has 1 saturated heterocycles. The molecule has 1 aliphatic heterocycles. The number of benzene rings is 2. The predicted molar refractivity (Wildman–Crippen MR) is 153 cm³/mol. The molecule has 37 heavy (non-hydrogen) atoms. The van der Waals surface area contributed by atoms with Gasteiger partial charge in [0, 0.05) is 43.0 Å². The van der Waals surface area contributed by atoms with Gasteiger partial charge < -0.3 is 23.5 Å². The van der Waals surface area contributed by atoms with Gasteiger partial charge in [0.25, 0.3) is 0 Å². The van der Waals surface area contributed by atoms with Crippen LogP contribution in [0.3, 0.4) is 0 Å². The highest BCUT2D eigenvalue weighted by atomic mass is 127. The molecule has 2 atom stereocenters. The molecule has 1 aromatic heterocycles. The fourth-order valence-electron chi connectivity index (χ4n) is 4.63. The molecule has 194 valence electrons. The minimum atomic E-state index is -1.11. The van der Waals surface area contributed by atoms with Gasteiger partial charge in [-0.05, 0) is 48.9 Å². The van der Waals surface area contributed by atoms with E-state index in [-0.39, 0.29) is 6.04 Å². The number of nitrogen functional groups attached to an aromatic ring is 1. The summed E-state index contributed by atoms with van der Waals surface area (Å²) < 4.78 is 10.7. The number of hydrogen-bond donors (Lipinski definition) is 2. The molecule has 1 aliphatic rings. The number of nitriles is 1. The van der Waals surface area contributed by atoms with Gasteiger partial charge in [0.15, 0.2) is 0 Å². The molecular weight excluding hydrogens is 605 g/mol. The van der Waals surface area contributed by atoms with Crippen LogP contribution < -0.4 is 15.4 Å². The first-order chi connectivity index (χ1) is 17.8. The predicted octanol–water partition coefficient (Wildman–Crippen LogP) is 4.71. The van der Waals surface area contributed by atoms with Crippen molar-refractivity contribution in [1.29, 1.82) is 5.26 Å². The Hall–Kier alpha value is -2.62. The first kappa shape index (κ1) is 27.4. The SMILES string of the molecule is C[C@@](O)(CN1CCN(c2ccc(OCCOI)cc2C#N)[C@H](c2ccc(Cl)cc2)C1)c1ccc(N)nc1. The number of anilines is 2. The van der Waals surface area contributed by atoms with Crippen LogP contribution in [0.15, 0.2) is 60.8 Å². The van der Waals surface area contributed by atoms with Crippen LogP contribution >= 0.6 is 34.6 Å². The van der Waals surface area contributed by atoms with Crippen LogP contribution in [0, 0.1) is 11.3 Å². The van der Waals surface area contributed by atoms with Crippen LogP contribution in [0.2, 0.25) is 5.02 Å². The van der Waals surface area contributed by atoms with E-state index >= 15 is 0 Å². The lowest BCUT2D eigenvalue weighted by molar-refractivity contribution is 0.0100. The highest BCUT2D eigenvalue weighted by Crippen LogP contribution is 2.36. The van der Waals surface area contributed by atoms with Crippen LogP contribution in [0.1, 0.15) is 29.7 Å². The summed E-state index contributed by atoms with van der Waals surface area (Å²) in [6, 6.07) is 19.2. The number of aliphatic hydroxyl groups is 1. The van der Waals surface area contributed by atoms with E-state index in [2.05, 4.69) is 20.9 Å². The van der Waals surface area contributed by atoms with Crippen molar-refractivity contribution in [3.8, 4) is 11.8 Å². The van der Waals surface area contributed by atoms with Crippen LogP contribution in [0.25, 0.3) is 0 Å². The summed E-state index contributed by atoms with van der Waals surface area (Å²) in [5.74, 6) is 1.04. The minimum Gasteiger partial charge on any atom is -0.491 e. The van der Waals surface area contributed by atoms with E-state index in [0.29, 0.717) is 67.1 Å². The second-order valence-corrected chi connectivity index (χ2v) is 10.3. The summed E-state index contributed by atoms with van der Waals surface area (Å²) in [7, 11) is 0.